The molecule has 14 heavy (non-hydrogen) atoms. The third kappa shape index (κ3) is 9.93. The minimum absolute atomic E-state index is 0. The first-order valence-electron chi connectivity index (χ1n) is 3.85. The van der Waals surface area contributed by atoms with Gasteiger partial charge < -0.3 is 5.11 Å². The van der Waals surface area contributed by atoms with Gasteiger partial charge in [-0.25, -0.2) is 0 Å². The van der Waals surface area contributed by atoms with Gasteiger partial charge in [0.15, 0.2) is 0 Å². The molecule has 0 aliphatic heterocycles. The predicted octanol–water partition coefficient (Wildman–Crippen LogP) is 0.00719. The van der Waals surface area contributed by atoms with E-state index in [4.69, 9.17) is 16.7 Å². The average Bonchev–Trinajstić information content (AvgIpc) is 2.11. The van der Waals surface area contributed by atoms with Crippen molar-refractivity contribution in [3.05, 3.63) is 41.8 Å². The second kappa shape index (κ2) is 9.41. The van der Waals surface area contributed by atoms with E-state index in [-0.39, 0.29) is 36.0 Å². The molecule has 0 saturated heterocycles. The molecular weight excluding hydrogens is 211 g/mol. The maximum Gasteiger partial charge on any atom is 1.00 e. The number of halogens is 1. The summed E-state index contributed by atoms with van der Waals surface area (Å²) in [4.78, 5) is 9.37. The van der Waals surface area contributed by atoms with Crippen LogP contribution in [0.25, 0.3) is 0 Å². The largest absolute Gasteiger partial charge is 1.00 e. The van der Waals surface area contributed by atoms with Crippen LogP contribution in [0.5, 0.6) is 0 Å². The van der Waals surface area contributed by atoms with Gasteiger partial charge >= 0.3 is 35.5 Å². The van der Waals surface area contributed by atoms with Gasteiger partial charge in [0.25, 0.3) is 0 Å². The Morgan fingerprint density at radius 1 is 1.43 bits per heavy atom. The molecule has 0 unspecified atom stereocenters. The van der Waals surface area contributed by atoms with Crippen LogP contribution in [0.3, 0.4) is 0 Å². The summed E-state index contributed by atoms with van der Waals surface area (Å²) in [6, 6.07) is 7.40. The molecule has 0 bridgehead atoms. The van der Waals surface area contributed by atoms with Crippen molar-refractivity contribution in [1.29, 1.82) is 0 Å². The van der Waals surface area contributed by atoms with Gasteiger partial charge in [0.05, 0.1) is 0 Å². The van der Waals surface area contributed by atoms with E-state index in [0.29, 0.717) is 0 Å². The summed E-state index contributed by atoms with van der Waals surface area (Å²) < 4.78 is 0. The van der Waals surface area contributed by atoms with Gasteiger partial charge in [0, 0.05) is 11.4 Å². The molecule has 0 aromatic heterocycles. The first-order valence-corrected chi connectivity index (χ1v) is 4.23. The Labute approximate surface area is 112 Å². The van der Waals surface area contributed by atoms with E-state index in [1.165, 1.54) is 0 Å². The van der Waals surface area contributed by atoms with E-state index in [0.717, 1.165) is 10.6 Å². The topological polar surface area (TPSA) is 37.3 Å². The van der Waals surface area contributed by atoms with Crippen LogP contribution in [0.1, 0.15) is 18.9 Å². The zero-order chi connectivity index (χ0) is 10.3. The second-order valence-corrected chi connectivity index (χ2v) is 2.81. The molecule has 1 rings (SSSR count). The third-order valence-corrected chi connectivity index (χ3v) is 1.47. The number of rotatable bonds is 1. The van der Waals surface area contributed by atoms with E-state index in [9.17, 15) is 4.79 Å². The molecule has 0 saturated carbocycles. The van der Waals surface area contributed by atoms with Crippen LogP contribution in [-0.2, 0) is 4.79 Å². The van der Waals surface area contributed by atoms with Gasteiger partial charge in [-0.1, -0.05) is 30.7 Å². The molecule has 0 aliphatic rings. The minimum Gasteiger partial charge on any atom is -0.481 e. The van der Waals surface area contributed by atoms with Gasteiger partial charge in [-0.15, -0.1) is 0 Å². The molecule has 0 atom stereocenters. The number of hydrogen-bond donors (Lipinski definition) is 1. The summed E-state index contributed by atoms with van der Waals surface area (Å²) >= 11 is 5.58. The number of hydrogen-bond acceptors (Lipinski definition) is 1. The summed E-state index contributed by atoms with van der Waals surface area (Å²) in [6.45, 7) is 5.30. The molecule has 1 aromatic carbocycles. The van der Waals surface area contributed by atoms with Crippen LogP contribution in [0.15, 0.2) is 24.3 Å². The van der Waals surface area contributed by atoms with Crippen molar-refractivity contribution in [2.24, 2.45) is 0 Å². The Hall–Kier alpha value is -0.150. The van der Waals surface area contributed by atoms with Crippen molar-refractivity contribution in [2.75, 3.05) is 0 Å². The van der Waals surface area contributed by atoms with E-state index in [2.05, 4.69) is 6.92 Å². The SMILES string of the molecule is CCC(=O)O.[CH2-]c1ccc(Cl)cc1.[Na+]. The molecule has 0 radical (unpaired) electrons. The number of carboxylic acid groups (broad SMARTS) is 1. The molecule has 2 nitrogen and oxygen atoms in total. The number of carbonyl (C=O) groups is 1. The standard InChI is InChI=1S/C7H6Cl.C3H6O2.Na/c1-6-2-4-7(8)5-3-6;1-2-3(4)5;/h2-5H,1H2;2H2,1H3,(H,4,5);/q-1;;+1. The molecule has 1 N–H and O–H groups in total. The Morgan fingerprint density at radius 3 is 2.00 bits per heavy atom. The van der Waals surface area contributed by atoms with E-state index >= 15 is 0 Å². The summed E-state index contributed by atoms with van der Waals surface area (Å²) in [6.07, 6.45) is 0.222. The Balaban J connectivity index is 0. The van der Waals surface area contributed by atoms with Gasteiger partial charge in [-0.2, -0.15) is 24.6 Å². The molecule has 1 aromatic rings. The summed E-state index contributed by atoms with van der Waals surface area (Å²) in [5.74, 6) is -0.745. The fraction of sp³-hybridized carbons (Fsp3) is 0.200. The van der Waals surface area contributed by atoms with Crippen molar-refractivity contribution in [2.45, 2.75) is 13.3 Å². The van der Waals surface area contributed by atoms with Crippen molar-refractivity contribution in [3.63, 3.8) is 0 Å². The van der Waals surface area contributed by atoms with E-state index < -0.39 is 5.97 Å². The van der Waals surface area contributed by atoms with Gasteiger partial charge in [-0.3, -0.25) is 4.79 Å². The normalized spacial score (nSPS) is 7.86. The van der Waals surface area contributed by atoms with Crippen LogP contribution >= 0.6 is 11.6 Å². The fourth-order valence-corrected chi connectivity index (χ4v) is 0.610. The Kier molecular flexibility index (Phi) is 10.9. The quantitative estimate of drug-likeness (QED) is 0.537. The molecule has 0 spiro atoms. The average molecular weight is 223 g/mol. The predicted molar refractivity (Wildman–Crippen MR) is 53.8 cm³/mol. The van der Waals surface area contributed by atoms with Crippen molar-refractivity contribution in [1.82, 2.24) is 0 Å². The Bertz CT molecular complexity index is 238. The minimum atomic E-state index is -0.745. The maximum absolute atomic E-state index is 9.37. The van der Waals surface area contributed by atoms with E-state index in [1.54, 1.807) is 6.92 Å². The molecule has 0 amide bonds. The summed E-state index contributed by atoms with van der Waals surface area (Å²) in [5, 5.41) is 8.48. The molecule has 0 aliphatic carbocycles. The van der Waals surface area contributed by atoms with Crippen LogP contribution < -0.4 is 29.6 Å². The van der Waals surface area contributed by atoms with Gasteiger partial charge in [-0.05, 0) is 0 Å². The van der Waals surface area contributed by atoms with Gasteiger partial charge in [0.1, 0.15) is 0 Å². The molecule has 4 heteroatoms. The number of benzene rings is 1. The number of aliphatic carboxylic acids is 1. The van der Waals surface area contributed by atoms with Crippen molar-refractivity contribution in [3.8, 4) is 0 Å². The zero-order valence-corrected chi connectivity index (χ0v) is 11.2. The zero-order valence-electron chi connectivity index (χ0n) is 8.46. The molecular formula is C10H12ClNaO2. The van der Waals surface area contributed by atoms with Gasteiger partial charge in [0.2, 0.25) is 0 Å². The van der Waals surface area contributed by atoms with Crippen LogP contribution in [0.4, 0.5) is 0 Å². The third-order valence-electron chi connectivity index (χ3n) is 1.22. The second-order valence-electron chi connectivity index (χ2n) is 2.37. The fourth-order valence-electron chi connectivity index (χ4n) is 0.484. The monoisotopic (exact) mass is 222 g/mol. The first-order chi connectivity index (χ1) is 6.06. The van der Waals surface area contributed by atoms with E-state index in [1.807, 2.05) is 24.3 Å². The maximum atomic E-state index is 9.37. The molecule has 0 fully saturated rings. The summed E-state index contributed by atoms with van der Waals surface area (Å²) in [5.41, 5.74) is 0.995. The van der Waals surface area contributed by atoms with Crippen LogP contribution in [0.2, 0.25) is 5.02 Å². The smallest absolute Gasteiger partial charge is 0.481 e. The van der Waals surface area contributed by atoms with Crippen molar-refractivity contribution < 1.29 is 39.5 Å². The molecule has 0 heterocycles. The van der Waals surface area contributed by atoms with Crippen LogP contribution in [0, 0.1) is 6.92 Å². The first kappa shape index (κ1) is 16.3. The number of carboxylic acids is 1. The summed E-state index contributed by atoms with van der Waals surface area (Å²) in [7, 11) is 0. The Morgan fingerprint density at radius 2 is 1.79 bits per heavy atom. The van der Waals surface area contributed by atoms with Crippen molar-refractivity contribution >= 4 is 17.6 Å². The molecule has 72 valence electrons. The van der Waals surface area contributed by atoms with Crippen LogP contribution in [-0.4, -0.2) is 11.1 Å².